The first-order valence-corrected chi connectivity index (χ1v) is 10.8. The van der Waals surface area contributed by atoms with E-state index >= 15 is 0 Å². The number of carbonyl (C=O) groups excluding carboxylic acids is 1. The van der Waals surface area contributed by atoms with Crippen molar-refractivity contribution in [3.63, 3.8) is 0 Å². The van der Waals surface area contributed by atoms with Gasteiger partial charge in [0.15, 0.2) is 11.6 Å². The Bertz CT molecular complexity index is 1230. The lowest BCUT2D eigenvalue weighted by Gasteiger charge is -2.18. The maximum absolute atomic E-state index is 12.9. The van der Waals surface area contributed by atoms with Crippen LogP contribution in [0, 0.1) is 5.92 Å². The molecular weight excluding hydrogens is 427 g/mol. The van der Waals surface area contributed by atoms with Crippen LogP contribution < -0.4 is 5.32 Å². The van der Waals surface area contributed by atoms with E-state index in [1.807, 2.05) is 35.0 Å². The summed E-state index contributed by atoms with van der Waals surface area (Å²) in [5.74, 6) is 0.876. The molecule has 4 aromatic rings. The van der Waals surface area contributed by atoms with E-state index in [0.717, 1.165) is 33.2 Å². The first-order valence-electron chi connectivity index (χ1n) is 9.22. The van der Waals surface area contributed by atoms with E-state index in [2.05, 4.69) is 12.2 Å². The minimum absolute atomic E-state index is 0.0914. The second-order valence-corrected chi connectivity index (χ2v) is 9.06. The average Bonchev–Trinajstić information content (AvgIpc) is 3.26. The van der Waals surface area contributed by atoms with E-state index in [4.69, 9.17) is 33.3 Å². The number of para-hydroxylation sites is 1. The van der Waals surface area contributed by atoms with Crippen LogP contribution in [0.25, 0.3) is 15.3 Å². The summed E-state index contributed by atoms with van der Waals surface area (Å²) in [6.07, 6.45) is 1.28. The van der Waals surface area contributed by atoms with Gasteiger partial charge in [0.2, 0.25) is 5.13 Å². The van der Waals surface area contributed by atoms with E-state index in [1.165, 1.54) is 0 Å². The molecule has 2 heterocycles. The summed E-state index contributed by atoms with van der Waals surface area (Å²) in [5, 5.41) is 9.67. The minimum atomic E-state index is 0.0914. The number of rotatable bonds is 3. The maximum Gasteiger partial charge on any atom is 0.211 e. The summed E-state index contributed by atoms with van der Waals surface area (Å²) >= 11 is 13.7. The first-order chi connectivity index (χ1) is 14.0. The van der Waals surface area contributed by atoms with Crippen LogP contribution in [0.1, 0.15) is 29.4 Å². The molecule has 0 aliphatic heterocycles. The Morgan fingerprint density at radius 3 is 2.76 bits per heavy atom. The van der Waals surface area contributed by atoms with E-state index in [0.29, 0.717) is 27.8 Å². The number of nitrogens with one attached hydrogen (secondary N) is 1. The van der Waals surface area contributed by atoms with Gasteiger partial charge in [-0.3, -0.25) is 4.79 Å². The summed E-state index contributed by atoms with van der Waals surface area (Å²) in [5.41, 5.74) is 3.18. The van der Waals surface area contributed by atoms with Crippen molar-refractivity contribution >= 4 is 62.0 Å². The molecule has 146 valence electrons. The first kappa shape index (κ1) is 18.6. The Kier molecular flexibility index (Phi) is 4.57. The van der Waals surface area contributed by atoms with Crippen LogP contribution in [0.4, 0.5) is 11.5 Å². The van der Waals surface area contributed by atoms with E-state index in [-0.39, 0.29) is 11.7 Å². The lowest BCUT2D eigenvalue weighted by molar-refractivity contribution is 0.0953. The molecule has 2 aromatic heterocycles. The molecule has 2 aromatic carbocycles. The highest BCUT2D eigenvalue weighted by Gasteiger charge is 2.32. The molecule has 5 rings (SSSR count). The Hall–Kier alpha value is -2.41. The van der Waals surface area contributed by atoms with Crippen molar-refractivity contribution in [3.8, 4) is 5.13 Å². The Morgan fingerprint density at radius 1 is 1.14 bits per heavy atom. The van der Waals surface area contributed by atoms with Crippen LogP contribution in [0.15, 0.2) is 42.5 Å². The molecule has 0 amide bonds. The second kappa shape index (κ2) is 7.13. The Labute approximate surface area is 181 Å². The lowest BCUT2D eigenvalue weighted by Crippen LogP contribution is -2.19. The van der Waals surface area contributed by atoms with Crippen LogP contribution in [0.5, 0.6) is 0 Å². The fraction of sp³-hybridized carbons (Fsp3) is 0.190. The second-order valence-electron chi connectivity index (χ2n) is 7.24. The quantitative estimate of drug-likeness (QED) is 0.404. The van der Waals surface area contributed by atoms with Gasteiger partial charge in [-0.25, -0.2) is 9.67 Å². The van der Waals surface area contributed by atoms with Gasteiger partial charge in [0.05, 0.1) is 31.5 Å². The number of fused-ring (bicyclic) bond motifs is 2. The highest BCUT2D eigenvalue weighted by molar-refractivity contribution is 7.20. The summed E-state index contributed by atoms with van der Waals surface area (Å²) in [7, 11) is 0. The number of hydrogen-bond acceptors (Lipinski definition) is 5. The standard InChI is InChI=1S/C21H16Cl2N4OS/c1-11-8-16-19(17(28)9-11)20(24-12-6-7-13(22)14(23)10-12)26-27(16)21-25-15-4-2-3-5-18(15)29-21/h2-7,10-11H,8-9H2,1H3,(H,24,26). The summed E-state index contributed by atoms with van der Waals surface area (Å²) in [6, 6.07) is 13.2. The van der Waals surface area contributed by atoms with Crippen molar-refractivity contribution in [3.05, 3.63) is 63.8 Å². The van der Waals surface area contributed by atoms with Crippen molar-refractivity contribution < 1.29 is 4.79 Å². The number of halogens is 2. The van der Waals surface area contributed by atoms with E-state index in [9.17, 15) is 4.79 Å². The summed E-state index contributed by atoms with van der Waals surface area (Å²) in [6.45, 7) is 2.09. The molecule has 0 bridgehead atoms. The zero-order valence-electron chi connectivity index (χ0n) is 15.4. The van der Waals surface area contributed by atoms with Gasteiger partial charge in [0, 0.05) is 12.1 Å². The van der Waals surface area contributed by atoms with Gasteiger partial charge in [-0.1, -0.05) is 53.6 Å². The monoisotopic (exact) mass is 442 g/mol. The number of hydrogen-bond donors (Lipinski definition) is 1. The van der Waals surface area contributed by atoms with E-state index in [1.54, 1.807) is 23.5 Å². The third kappa shape index (κ3) is 3.31. The SMILES string of the molecule is CC1CC(=O)c2c(Nc3ccc(Cl)c(Cl)c3)nn(-c3nc4ccccc4s3)c2C1. The van der Waals surface area contributed by atoms with Crippen molar-refractivity contribution in [1.82, 2.24) is 14.8 Å². The van der Waals surface area contributed by atoms with Crippen molar-refractivity contribution in [2.45, 2.75) is 19.8 Å². The van der Waals surface area contributed by atoms with Crippen molar-refractivity contribution in [1.29, 1.82) is 0 Å². The fourth-order valence-electron chi connectivity index (χ4n) is 3.66. The number of anilines is 2. The van der Waals surface area contributed by atoms with Gasteiger partial charge in [0.25, 0.3) is 0 Å². The van der Waals surface area contributed by atoms with Gasteiger partial charge in [-0.05, 0) is 42.7 Å². The van der Waals surface area contributed by atoms with Crippen LogP contribution in [-0.4, -0.2) is 20.5 Å². The summed E-state index contributed by atoms with van der Waals surface area (Å²) < 4.78 is 2.90. The Morgan fingerprint density at radius 2 is 1.97 bits per heavy atom. The molecule has 29 heavy (non-hydrogen) atoms. The van der Waals surface area contributed by atoms with Crippen LogP contribution >= 0.6 is 34.5 Å². The lowest BCUT2D eigenvalue weighted by atomic mass is 9.88. The molecule has 1 unspecified atom stereocenters. The highest BCUT2D eigenvalue weighted by Crippen LogP contribution is 2.36. The number of thiazole rings is 1. The normalized spacial score (nSPS) is 16.2. The largest absolute Gasteiger partial charge is 0.338 e. The number of Topliss-reactive ketones (excluding diaryl/α,β-unsaturated/α-hetero) is 1. The minimum Gasteiger partial charge on any atom is -0.338 e. The van der Waals surface area contributed by atoms with Gasteiger partial charge in [-0.15, -0.1) is 5.10 Å². The van der Waals surface area contributed by atoms with Gasteiger partial charge in [-0.2, -0.15) is 0 Å². The van der Waals surface area contributed by atoms with Crippen molar-refractivity contribution in [2.24, 2.45) is 5.92 Å². The fourth-order valence-corrected chi connectivity index (χ4v) is 4.90. The van der Waals surface area contributed by atoms with Crippen LogP contribution in [-0.2, 0) is 6.42 Å². The number of carbonyl (C=O) groups is 1. The van der Waals surface area contributed by atoms with E-state index < -0.39 is 0 Å². The Balaban J connectivity index is 1.64. The molecule has 0 radical (unpaired) electrons. The smallest absolute Gasteiger partial charge is 0.211 e. The number of benzene rings is 2. The summed E-state index contributed by atoms with van der Waals surface area (Å²) in [4.78, 5) is 17.6. The molecule has 0 saturated carbocycles. The van der Waals surface area contributed by atoms with Crippen LogP contribution in [0.2, 0.25) is 10.0 Å². The van der Waals surface area contributed by atoms with Gasteiger partial charge >= 0.3 is 0 Å². The molecule has 0 fully saturated rings. The average molecular weight is 443 g/mol. The number of aromatic nitrogens is 3. The molecule has 1 aliphatic carbocycles. The molecule has 0 spiro atoms. The molecule has 1 atom stereocenters. The predicted molar refractivity (Wildman–Crippen MR) is 118 cm³/mol. The molecular formula is C21H16Cl2N4OS. The third-order valence-corrected chi connectivity index (χ3v) is 6.73. The molecule has 1 N–H and O–H groups in total. The molecule has 5 nitrogen and oxygen atoms in total. The van der Waals surface area contributed by atoms with Crippen molar-refractivity contribution in [2.75, 3.05) is 5.32 Å². The number of ketones is 1. The third-order valence-electron chi connectivity index (χ3n) is 4.98. The molecule has 0 saturated heterocycles. The molecule has 8 heteroatoms. The predicted octanol–water partition coefficient (Wildman–Crippen LogP) is 6.30. The van der Waals surface area contributed by atoms with Gasteiger partial charge in [0.1, 0.15) is 0 Å². The zero-order valence-corrected chi connectivity index (χ0v) is 17.8. The van der Waals surface area contributed by atoms with Gasteiger partial charge < -0.3 is 5.32 Å². The molecule has 1 aliphatic rings. The topological polar surface area (TPSA) is 59.8 Å². The zero-order chi connectivity index (χ0) is 20.1. The highest BCUT2D eigenvalue weighted by atomic mass is 35.5. The van der Waals surface area contributed by atoms with Crippen LogP contribution in [0.3, 0.4) is 0 Å². The number of nitrogens with zero attached hydrogens (tertiary/aromatic N) is 3. The maximum atomic E-state index is 12.9.